The summed E-state index contributed by atoms with van der Waals surface area (Å²) in [7, 11) is -3.47. The lowest BCUT2D eigenvalue weighted by atomic mass is 10.2. The molecule has 1 saturated heterocycles. The smallest absolute Gasteiger partial charge is 0.240 e. The van der Waals surface area contributed by atoms with Crippen molar-refractivity contribution in [2.75, 3.05) is 31.6 Å². The fourth-order valence-electron chi connectivity index (χ4n) is 2.54. The predicted molar refractivity (Wildman–Crippen MR) is 97.5 cm³/mol. The number of hydrogen-bond acceptors (Lipinski definition) is 5. The molecule has 2 fully saturated rings. The second kappa shape index (κ2) is 8.95. The lowest BCUT2D eigenvalue weighted by Crippen LogP contribution is -2.43. The van der Waals surface area contributed by atoms with Gasteiger partial charge in [0.25, 0.3) is 0 Å². The molecule has 0 radical (unpaired) electrons. The van der Waals surface area contributed by atoms with Gasteiger partial charge in [0.1, 0.15) is 0 Å². The molecular formula is C16H24ClN3O4S. The molecule has 1 aliphatic carbocycles. The Morgan fingerprint density at radius 3 is 2.56 bits per heavy atom. The van der Waals surface area contributed by atoms with Gasteiger partial charge in [0.15, 0.2) is 0 Å². The number of benzene rings is 1. The molecule has 1 amide bonds. The molecule has 7 nitrogen and oxygen atoms in total. The number of carbonyl (C=O) groups is 1. The van der Waals surface area contributed by atoms with E-state index in [1.165, 1.54) is 12.1 Å². The minimum atomic E-state index is -3.47. The molecule has 0 aromatic heterocycles. The summed E-state index contributed by atoms with van der Waals surface area (Å²) in [4.78, 5) is 12.2. The van der Waals surface area contributed by atoms with Crippen molar-refractivity contribution in [3.05, 3.63) is 24.3 Å². The highest BCUT2D eigenvalue weighted by molar-refractivity contribution is 7.89. The first-order valence-electron chi connectivity index (χ1n) is 8.24. The van der Waals surface area contributed by atoms with E-state index in [-0.39, 0.29) is 29.3 Å². The zero-order chi connectivity index (χ0) is 17.0. The van der Waals surface area contributed by atoms with Crippen LogP contribution in [-0.4, -0.2) is 46.7 Å². The van der Waals surface area contributed by atoms with Gasteiger partial charge in [-0.3, -0.25) is 4.79 Å². The van der Waals surface area contributed by atoms with Crippen LogP contribution >= 0.6 is 12.4 Å². The first kappa shape index (κ1) is 20.1. The van der Waals surface area contributed by atoms with Gasteiger partial charge in [-0.05, 0) is 43.0 Å². The minimum absolute atomic E-state index is 0. The first-order valence-corrected chi connectivity index (χ1v) is 9.72. The zero-order valence-corrected chi connectivity index (χ0v) is 15.5. The second-order valence-corrected chi connectivity index (χ2v) is 8.06. The molecule has 2 aliphatic rings. The maximum absolute atomic E-state index is 12.1. The van der Waals surface area contributed by atoms with Crippen LogP contribution in [0.4, 0.5) is 5.69 Å². The molecule has 1 heterocycles. The zero-order valence-electron chi connectivity index (χ0n) is 13.9. The Morgan fingerprint density at radius 1 is 1.24 bits per heavy atom. The number of hydrogen-bond donors (Lipinski definition) is 3. The van der Waals surface area contributed by atoms with E-state index in [0.29, 0.717) is 37.8 Å². The second-order valence-electron chi connectivity index (χ2n) is 6.30. The molecule has 0 spiro atoms. The number of halogens is 1. The quantitative estimate of drug-likeness (QED) is 0.649. The molecule has 1 atom stereocenters. The fourth-order valence-corrected chi connectivity index (χ4v) is 3.65. The van der Waals surface area contributed by atoms with E-state index in [0.717, 1.165) is 19.4 Å². The van der Waals surface area contributed by atoms with Crippen LogP contribution in [0.1, 0.15) is 19.3 Å². The van der Waals surface area contributed by atoms with E-state index in [9.17, 15) is 13.2 Å². The highest BCUT2D eigenvalue weighted by atomic mass is 35.5. The van der Waals surface area contributed by atoms with Crippen molar-refractivity contribution < 1.29 is 17.9 Å². The molecule has 1 aromatic carbocycles. The third-order valence-electron chi connectivity index (χ3n) is 4.14. The lowest BCUT2D eigenvalue weighted by Gasteiger charge is -2.23. The summed E-state index contributed by atoms with van der Waals surface area (Å²) in [6, 6.07) is 6.24. The summed E-state index contributed by atoms with van der Waals surface area (Å²) in [6.07, 6.45) is 2.51. The number of ether oxygens (including phenoxy) is 1. The van der Waals surface area contributed by atoms with Crippen molar-refractivity contribution in [1.82, 2.24) is 10.0 Å². The number of carbonyl (C=O) groups excluding carboxylic acids is 1. The van der Waals surface area contributed by atoms with E-state index in [1.54, 1.807) is 12.1 Å². The summed E-state index contributed by atoms with van der Waals surface area (Å²) in [5.41, 5.74) is 0.581. The predicted octanol–water partition coefficient (Wildman–Crippen LogP) is 1.11. The molecule has 9 heteroatoms. The molecular weight excluding hydrogens is 366 g/mol. The normalized spacial score (nSPS) is 20.6. The van der Waals surface area contributed by atoms with E-state index >= 15 is 0 Å². The van der Waals surface area contributed by atoms with Crippen LogP contribution in [0.25, 0.3) is 0 Å². The largest absolute Gasteiger partial charge is 0.378 e. The van der Waals surface area contributed by atoms with Gasteiger partial charge in [0.05, 0.1) is 18.1 Å². The van der Waals surface area contributed by atoms with Crippen LogP contribution in [0.3, 0.4) is 0 Å². The van der Waals surface area contributed by atoms with Gasteiger partial charge in [-0.1, -0.05) is 0 Å². The van der Waals surface area contributed by atoms with Gasteiger partial charge in [-0.2, -0.15) is 0 Å². The van der Waals surface area contributed by atoms with E-state index in [1.807, 2.05) is 0 Å². The van der Waals surface area contributed by atoms with Crippen LogP contribution in [0.2, 0.25) is 0 Å². The minimum Gasteiger partial charge on any atom is -0.378 e. The summed E-state index contributed by atoms with van der Waals surface area (Å²) in [6.45, 7) is 2.44. The topological polar surface area (TPSA) is 96.5 Å². The summed E-state index contributed by atoms with van der Waals surface area (Å²) >= 11 is 0. The van der Waals surface area contributed by atoms with E-state index in [2.05, 4.69) is 15.4 Å². The third kappa shape index (κ3) is 6.23. The molecule has 1 unspecified atom stereocenters. The van der Waals surface area contributed by atoms with Gasteiger partial charge in [-0.25, -0.2) is 13.1 Å². The number of nitrogens with one attached hydrogen (secondary N) is 3. The van der Waals surface area contributed by atoms with Crippen molar-refractivity contribution >= 4 is 34.0 Å². The van der Waals surface area contributed by atoms with E-state index < -0.39 is 10.0 Å². The summed E-state index contributed by atoms with van der Waals surface area (Å²) in [5, 5.41) is 6.00. The van der Waals surface area contributed by atoms with Crippen molar-refractivity contribution in [3.8, 4) is 0 Å². The Bertz CT molecular complexity index is 671. The van der Waals surface area contributed by atoms with Crippen molar-refractivity contribution in [3.63, 3.8) is 0 Å². The molecule has 1 aromatic rings. The number of anilines is 1. The van der Waals surface area contributed by atoms with Crippen LogP contribution in [0.15, 0.2) is 29.2 Å². The molecule has 3 N–H and O–H groups in total. The molecule has 1 aliphatic heterocycles. The number of amides is 1. The first-order chi connectivity index (χ1) is 11.5. The Balaban J connectivity index is 0.00000225. The third-order valence-corrected chi connectivity index (χ3v) is 5.58. The van der Waals surface area contributed by atoms with Gasteiger partial charge in [0.2, 0.25) is 15.9 Å². The van der Waals surface area contributed by atoms with Crippen molar-refractivity contribution in [2.45, 2.75) is 30.2 Å². The van der Waals surface area contributed by atoms with Crippen LogP contribution in [-0.2, 0) is 19.6 Å². The van der Waals surface area contributed by atoms with E-state index in [4.69, 9.17) is 4.74 Å². The lowest BCUT2D eigenvalue weighted by molar-refractivity contribution is -0.117. The SMILES string of the molecule is Cl.O=C(CC1COCCN1)Nc1ccc(S(=O)(=O)NCC2CC2)cc1. The highest BCUT2D eigenvalue weighted by Crippen LogP contribution is 2.28. The van der Waals surface area contributed by atoms with Gasteiger partial charge in [-0.15, -0.1) is 12.4 Å². The Hall–Kier alpha value is -1.19. The molecule has 25 heavy (non-hydrogen) atoms. The highest BCUT2D eigenvalue weighted by Gasteiger charge is 2.24. The number of morpholine rings is 1. The Kier molecular flexibility index (Phi) is 7.21. The van der Waals surface area contributed by atoms with Crippen LogP contribution in [0, 0.1) is 5.92 Å². The van der Waals surface area contributed by atoms with Gasteiger partial charge in [0, 0.05) is 31.2 Å². The molecule has 0 bridgehead atoms. The molecule has 3 rings (SSSR count). The van der Waals surface area contributed by atoms with Crippen LogP contribution in [0.5, 0.6) is 0 Å². The molecule has 1 saturated carbocycles. The summed E-state index contributed by atoms with van der Waals surface area (Å²) < 4.78 is 32.2. The van der Waals surface area contributed by atoms with Crippen molar-refractivity contribution in [1.29, 1.82) is 0 Å². The monoisotopic (exact) mass is 389 g/mol. The van der Waals surface area contributed by atoms with Crippen molar-refractivity contribution in [2.24, 2.45) is 5.92 Å². The number of rotatable bonds is 7. The molecule has 140 valence electrons. The van der Waals surface area contributed by atoms with Gasteiger partial charge >= 0.3 is 0 Å². The fraction of sp³-hybridized carbons (Fsp3) is 0.562. The Labute approximate surface area is 154 Å². The van der Waals surface area contributed by atoms with Crippen LogP contribution < -0.4 is 15.4 Å². The maximum atomic E-state index is 12.1. The summed E-state index contributed by atoms with van der Waals surface area (Å²) in [5.74, 6) is 0.358. The Morgan fingerprint density at radius 2 is 1.96 bits per heavy atom. The maximum Gasteiger partial charge on any atom is 0.240 e. The number of sulfonamides is 1. The average Bonchev–Trinajstić information content (AvgIpc) is 3.39. The standard InChI is InChI=1S/C16H23N3O4S.ClH/c20-16(9-14-11-23-8-7-17-14)19-13-3-5-15(6-4-13)24(21,22)18-10-12-1-2-12;/h3-6,12,14,17-18H,1-2,7-11H2,(H,19,20);1H. The van der Waals surface area contributed by atoms with Gasteiger partial charge < -0.3 is 15.4 Å². The average molecular weight is 390 g/mol.